The van der Waals surface area contributed by atoms with Gasteiger partial charge < -0.3 is 10.4 Å². The van der Waals surface area contributed by atoms with E-state index in [0.29, 0.717) is 12.0 Å². The van der Waals surface area contributed by atoms with Crippen molar-refractivity contribution in [3.8, 4) is 0 Å². The summed E-state index contributed by atoms with van der Waals surface area (Å²) < 4.78 is 1.64. The molecule has 0 heterocycles. The second kappa shape index (κ2) is 8.54. The Labute approximate surface area is 141 Å². The lowest BCUT2D eigenvalue weighted by Crippen LogP contribution is -2.32. The monoisotopic (exact) mass is 419 g/mol. The molecule has 6 heteroatoms. The van der Waals surface area contributed by atoms with Crippen LogP contribution in [0.4, 0.5) is 0 Å². The fourth-order valence-electron chi connectivity index (χ4n) is 1.90. The summed E-state index contributed by atoms with van der Waals surface area (Å²) in [5, 5.41) is 11.7. The minimum absolute atomic E-state index is 0.00837. The van der Waals surface area contributed by atoms with E-state index >= 15 is 0 Å². The summed E-state index contributed by atoms with van der Waals surface area (Å²) in [5.74, 6) is -1.24. The maximum Gasteiger partial charge on any atom is 0.306 e. The van der Waals surface area contributed by atoms with E-state index in [-0.39, 0.29) is 17.9 Å². The Hall–Kier alpha value is -0.880. The third kappa shape index (κ3) is 6.18. The third-order valence-corrected chi connectivity index (χ3v) is 4.40. The Morgan fingerprint density at radius 1 is 1.24 bits per heavy atom. The van der Waals surface area contributed by atoms with Crippen LogP contribution in [-0.4, -0.2) is 23.0 Å². The number of carboxylic acids is 1. The van der Waals surface area contributed by atoms with Gasteiger partial charge in [-0.15, -0.1) is 0 Å². The molecule has 0 radical (unpaired) electrons. The van der Waals surface area contributed by atoms with Crippen LogP contribution in [0.3, 0.4) is 0 Å². The summed E-state index contributed by atoms with van der Waals surface area (Å²) in [6.07, 6.45) is 2.16. The Balaban J connectivity index is 2.45. The summed E-state index contributed by atoms with van der Waals surface area (Å²) in [6.45, 7) is 3.63. The zero-order chi connectivity index (χ0) is 16.0. The largest absolute Gasteiger partial charge is 0.481 e. The number of halogens is 2. The minimum Gasteiger partial charge on any atom is -0.481 e. The summed E-state index contributed by atoms with van der Waals surface area (Å²) >= 11 is 6.72. The van der Waals surface area contributed by atoms with E-state index in [1.165, 1.54) is 0 Å². The normalized spacial score (nSPS) is 13.5. The second-order valence-corrected chi connectivity index (χ2v) is 6.94. The van der Waals surface area contributed by atoms with Crippen LogP contribution in [0.25, 0.3) is 0 Å². The maximum absolute atomic E-state index is 12.1. The molecule has 0 saturated heterocycles. The molecule has 0 saturated carbocycles. The molecule has 0 fully saturated rings. The van der Waals surface area contributed by atoms with Crippen molar-refractivity contribution in [3.05, 3.63) is 32.7 Å². The summed E-state index contributed by atoms with van der Waals surface area (Å²) in [5.41, 5.74) is 0.587. The van der Waals surface area contributed by atoms with Gasteiger partial charge in [-0.2, -0.15) is 0 Å². The predicted molar refractivity (Wildman–Crippen MR) is 89.4 cm³/mol. The molecule has 0 aliphatic heterocycles. The third-order valence-electron chi connectivity index (χ3n) is 3.25. The molecule has 2 atom stereocenters. The van der Waals surface area contributed by atoms with E-state index < -0.39 is 5.97 Å². The van der Waals surface area contributed by atoms with Crippen molar-refractivity contribution in [3.63, 3.8) is 0 Å². The van der Waals surface area contributed by atoms with Crippen LogP contribution in [0.15, 0.2) is 27.1 Å². The zero-order valence-corrected chi connectivity index (χ0v) is 15.2. The maximum atomic E-state index is 12.1. The van der Waals surface area contributed by atoms with E-state index in [2.05, 4.69) is 37.2 Å². The number of amides is 1. The molecule has 21 heavy (non-hydrogen) atoms. The van der Waals surface area contributed by atoms with Gasteiger partial charge in [0, 0.05) is 15.0 Å². The molecule has 1 rings (SSSR count). The smallest absolute Gasteiger partial charge is 0.306 e. The van der Waals surface area contributed by atoms with Crippen LogP contribution in [0.2, 0.25) is 0 Å². The zero-order valence-electron chi connectivity index (χ0n) is 12.0. The number of carbonyl (C=O) groups is 2. The van der Waals surface area contributed by atoms with Gasteiger partial charge in [-0.3, -0.25) is 9.59 Å². The molecular formula is C15H19Br2NO3. The lowest BCUT2D eigenvalue weighted by molar-refractivity contribution is -0.141. The topological polar surface area (TPSA) is 66.4 Å². The predicted octanol–water partition coefficient (Wildman–Crippen LogP) is 4.22. The average Bonchev–Trinajstić information content (AvgIpc) is 2.37. The van der Waals surface area contributed by atoms with E-state index in [1.54, 1.807) is 13.0 Å². The van der Waals surface area contributed by atoms with E-state index in [1.807, 2.05) is 19.1 Å². The van der Waals surface area contributed by atoms with Gasteiger partial charge in [0.05, 0.1) is 11.5 Å². The Bertz CT molecular complexity index is 520. The molecule has 0 aliphatic carbocycles. The van der Waals surface area contributed by atoms with E-state index in [9.17, 15) is 9.59 Å². The first kappa shape index (κ1) is 18.2. The fraction of sp³-hybridized carbons (Fsp3) is 0.467. The van der Waals surface area contributed by atoms with Gasteiger partial charge in [-0.25, -0.2) is 0 Å². The van der Waals surface area contributed by atoms with Crippen LogP contribution >= 0.6 is 31.9 Å². The van der Waals surface area contributed by atoms with Crippen molar-refractivity contribution in [2.45, 2.75) is 39.2 Å². The molecule has 2 N–H and O–H groups in total. The van der Waals surface area contributed by atoms with Crippen LogP contribution in [-0.2, 0) is 4.79 Å². The molecular weight excluding hydrogens is 402 g/mol. The molecule has 2 unspecified atom stereocenters. The van der Waals surface area contributed by atoms with Gasteiger partial charge in [-0.05, 0) is 53.9 Å². The van der Waals surface area contributed by atoms with Crippen LogP contribution in [0.1, 0.15) is 43.5 Å². The number of rotatable bonds is 7. The average molecular weight is 421 g/mol. The number of nitrogens with one attached hydrogen (secondary N) is 1. The lowest BCUT2D eigenvalue weighted by Gasteiger charge is -2.15. The van der Waals surface area contributed by atoms with E-state index in [4.69, 9.17) is 5.11 Å². The Morgan fingerprint density at radius 3 is 2.48 bits per heavy atom. The van der Waals surface area contributed by atoms with Crippen LogP contribution in [0.5, 0.6) is 0 Å². The highest BCUT2D eigenvalue weighted by molar-refractivity contribution is 9.11. The van der Waals surface area contributed by atoms with Gasteiger partial charge in [0.15, 0.2) is 0 Å². The molecule has 0 aromatic heterocycles. The highest BCUT2D eigenvalue weighted by atomic mass is 79.9. The van der Waals surface area contributed by atoms with Crippen molar-refractivity contribution in [2.24, 2.45) is 5.92 Å². The highest BCUT2D eigenvalue weighted by Crippen LogP contribution is 2.22. The molecule has 1 aromatic rings. The first-order chi connectivity index (χ1) is 9.81. The summed E-state index contributed by atoms with van der Waals surface area (Å²) in [4.78, 5) is 22.9. The number of aliphatic carboxylic acids is 1. The SMILES string of the molecule is CC(CCCC(C)C(=O)O)NC(=O)c1ccc(Br)cc1Br. The number of carboxylic acid groups (broad SMARTS) is 1. The van der Waals surface area contributed by atoms with Crippen molar-refractivity contribution in [1.29, 1.82) is 0 Å². The highest BCUT2D eigenvalue weighted by Gasteiger charge is 2.14. The Kier molecular flexibility index (Phi) is 7.39. The fourth-order valence-corrected chi connectivity index (χ4v) is 3.13. The molecule has 116 valence electrons. The first-order valence-electron chi connectivity index (χ1n) is 6.80. The standard InChI is InChI=1S/C15H19Br2NO3/c1-9(15(20)21)4-3-5-10(2)18-14(19)12-7-6-11(16)8-13(12)17/h6-10H,3-5H2,1-2H3,(H,18,19)(H,20,21). The van der Waals surface area contributed by atoms with Gasteiger partial charge in [0.25, 0.3) is 5.91 Å². The van der Waals surface area contributed by atoms with E-state index in [0.717, 1.165) is 21.8 Å². The number of carbonyl (C=O) groups excluding carboxylic acids is 1. The molecule has 0 aliphatic rings. The van der Waals surface area contributed by atoms with Crippen molar-refractivity contribution >= 4 is 43.7 Å². The van der Waals surface area contributed by atoms with Crippen LogP contribution in [0, 0.1) is 5.92 Å². The lowest BCUT2D eigenvalue weighted by atomic mass is 10.0. The van der Waals surface area contributed by atoms with Gasteiger partial charge in [-0.1, -0.05) is 29.3 Å². The molecule has 4 nitrogen and oxygen atoms in total. The molecule has 0 bridgehead atoms. The molecule has 1 amide bonds. The van der Waals surface area contributed by atoms with Crippen molar-refractivity contribution in [2.75, 3.05) is 0 Å². The quantitative estimate of drug-likeness (QED) is 0.693. The Morgan fingerprint density at radius 2 is 1.90 bits per heavy atom. The number of hydrogen-bond donors (Lipinski definition) is 2. The molecule has 1 aromatic carbocycles. The summed E-state index contributed by atoms with van der Waals surface area (Å²) in [6, 6.07) is 5.41. The van der Waals surface area contributed by atoms with Gasteiger partial charge in [0.1, 0.15) is 0 Å². The summed E-state index contributed by atoms with van der Waals surface area (Å²) in [7, 11) is 0. The first-order valence-corrected chi connectivity index (χ1v) is 8.38. The van der Waals surface area contributed by atoms with Crippen molar-refractivity contribution in [1.82, 2.24) is 5.32 Å². The van der Waals surface area contributed by atoms with Crippen molar-refractivity contribution < 1.29 is 14.7 Å². The van der Waals surface area contributed by atoms with Gasteiger partial charge >= 0.3 is 5.97 Å². The van der Waals surface area contributed by atoms with Crippen LogP contribution < -0.4 is 5.32 Å². The number of benzene rings is 1. The van der Waals surface area contributed by atoms with Gasteiger partial charge in [0.2, 0.25) is 0 Å². The second-order valence-electron chi connectivity index (χ2n) is 5.17. The molecule has 0 spiro atoms. The number of hydrogen-bond acceptors (Lipinski definition) is 2. The minimum atomic E-state index is -0.773.